The summed E-state index contributed by atoms with van der Waals surface area (Å²) in [6.07, 6.45) is 3.71. The van der Waals surface area contributed by atoms with Crippen LogP contribution in [0, 0.1) is 12.7 Å². The van der Waals surface area contributed by atoms with Crippen LogP contribution < -0.4 is 16.4 Å². The maximum atomic E-state index is 15.1. The van der Waals surface area contributed by atoms with Gasteiger partial charge in [0.15, 0.2) is 5.82 Å². The second-order valence-corrected chi connectivity index (χ2v) is 7.48. The molecule has 2 aromatic heterocycles. The average Bonchev–Trinajstić information content (AvgIpc) is 3.40. The molecule has 1 saturated heterocycles. The molecule has 1 atom stereocenters. The summed E-state index contributed by atoms with van der Waals surface area (Å²) in [6, 6.07) is 1.64. The van der Waals surface area contributed by atoms with Crippen molar-refractivity contribution in [1.29, 1.82) is 0 Å². The van der Waals surface area contributed by atoms with Gasteiger partial charge in [0, 0.05) is 13.1 Å². The normalized spacial score (nSPS) is 19.4. The summed E-state index contributed by atoms with van der Waals surface area (Å²) >= 11 is 0. The highest BCUT2D eigenvalue weighted by molar-refractivity contribution is 5.90. The smallest absolute Gasteiger partial charge is 0.343 e. The highest BCUT2D eigenvalue weighted by Gasteiger charge is 2.32. The first-order valence-electron chi connectivity index (χ1n) is 9.62. The molecule has 28 heavy (non-hydrogen) atoms. The van der Waals surface area contributed by atoms with Crippen molar-refractivity contribution in [2.24, 2.45) is 5.90 Å². The van der Waals surface area contributed by atoms with Gasteiger partial charge < -0.3 is 9.64 Å². The van der Waals surface area contributed by atoms with Crippen molar-refractivity contribution in [1.82, 2.24) is 4.40 Å². The van der Waals surface area contributed by atoms with E-state index >= 15 is 4.39 Å². The van der Waals surface area contributed by atoms with E-state index in [1.807, 2.05) is 11.8 Å². The molecule has 150 valence electrons. The number of aryl methyl sites for hydroxylation is 1. The summed E-state index contributed by atoms with van der Waals surface area (Å²) in [5.74, 6) is 4.38. The molecule has 1 unspecified atom stereocenters. The van der Waals surface area contributed by atoms with Crippen LogP contribution in [0.1, 0.15) is 53.6 Å². The van der Waals surface area contributed by atoms with Crippen LogP contribution >= 0.6 is 0 Å². The number of ether oxygens (including phenoxy) is 1. The molecule has 1 aliphatic carbocycles. The molecule has 1 saturated carbocycles. The topological polar surface area (TPSA) is 86.3 Å². The first-order chi connectivity index (χ1) is 13.5. The second-order valence-electron chi connectivity index (χ2n) is 7.48. The van der Waals surface area contributed by atoms with Crippen molar-refractivity contribution in [2.75, 3.05) is 24.6 Å². The number of hydrogen-bond acceptors (Lipinski definition) is 6. The van der Waals surface area contributed by atoms with E-state index in [2.05, 4.69) is 0 Å². The standard InChI is InChI=1S/C20H24FN3O4/c1-3-27-20(26)15-8-14(12-4-5-12)17-11(2)18(16(21)10-24(17)19(15)25)23-7-6-13(9-23)28-22/h8,10,12-13H,3-7,9,22H2,1-2H3. The molecule has 0 bridgehead atoms. The zero-order valence-electron chi connectivity index (χ0n) is 16.0. The van der Waals surface area contributed by atoms with Gasteiger partial charge in [-0.05, 0) is 56.2 Å². The number of esters is 1. The van der Waals surface area contributed by atoms with Gasteiger partial charge in [-0.3, -0.25) is 14.0 Å². The molecule has 4 rings (SSSR count). The number of fused-ring (bicyclic) bond motifs is 1. The van der Waals surface area contributed by atoms with Crippen molar-refractivity contribution in [3.05, 3.63) is 45.1 Å². The predicted octanol–water partition coefficient (Wildman–Crippen LogP) is 2.27. The fraction of sp³-hybridized carbons (Fsp3) is 0.500. The maximum Gasteiger partial charge on any atom is 0.343 e. The van der Waals surface area contributed by atoms with Gasteiger partial charge in [-0.1, -0.05) is 0 Å². The number of carbonyl (C=O) groups excluding carboxylic acids is 1. The number of rotatable bonds is 5. The third kappa shape index (κ3) is 3.06. The Kier molecular flexibility index (Phi) is 4.84. The molecule has 7 nitrogen and oxygen atoms in total. The van der Waals surface area contributed by atoms with E-state index in [0.717, 1.165) is 18.4 Å². The molecule has 2 aliphatic rings. The number of pyridine rings is 2. The molecular formula is C20H24FN3O4. The van der Waals surface area contributed by atoms with Gasteiger partial charge in [0.05, 0.1) is 30.1 Å². The van der Waals surface area contributed by atoms with E-state index in [4.69, 9.17) is 15.5 Å². The van der Waals surface area contributed by atoms with Crippen LogP contribution in [0.15, 0.2) is 17.1 Å². The largest absolute Gasteiger partial charge is 0.462 e. The molecule has 8 heteroatoms. The number of nitrogens with zero attached hydrogens (tertiary/aromatic N) is 2. The van der Waals surface area contributed by atoms with Gasteiger partial charge in [-0.2, -0.15) is 0 Å². The molecule has 0 amide bonds. The summed E-state index contributed by atoms with van der Waals surface area (Å²) in [7, 11) is 0. The maximum absolute atomic E-state index is 15.1. The third-order valence-corrected chi connectivity index (χ3v) is 5.61. The lowest BCUT2D eigenvalue weighted by Gasteiger charge is -2.24. The Hall–Kier alpha value is -2.45. The van der Waals surface area contributed by atoms with Gasteiger partial charge in [-0.25, -0.2) is 15.1 Å². The van der Waals surface area contributed by atoms with Gasteiger partial charge in [0.1, 0.15) is 5.56 Å². The highest BCUT2D eigenvalue weighted by Crippen LogP contribution is 2.44. The van der Waals surface area contributed by atoms with E-state index in [1.165, 1.54) is 10.6 Å². The molecule has 1 aliphatic heterocycles. The summed E-state index contributed by atoms with van der Waals surface area (Å²) < 4.78 is 21.4. The number of aromatic nitrogens is 1. The number of hydrogen-bond donors (Lipinski definition) is 1. The van der Waals surface area contributed by atoms with Gasteiger partial charge in [0.25, 0.3) is 5.56 Å². The summed E-state index contributed by atoms with van der Waals surface area (Å²) in [5.41, 5.74) is 2.11. The fourth-order valence-corrected chi connectivity index (χ4v) is 4.13. The van der Waals surface area contributed by atoms with E-state index in [9.17, 15) is 9.59 Å². The molecule has 0 aromatic carbocycles. The Morgan fingerprint density at radius 1 is 1.36 bits per heavy atom. The molecule has 0 radical (unpaired) electrons. The Labute approximate surface area is 161 Å². The predicted molar refractivity (Wildman–Crippen MR) is 102 cm³/mol. The van der Waals surface area contributed by atoms with Crippen LogP contribution in [0.25, 0.3) is 5.52 Å². The SMILES string of the molecule is CCOC(=O)c1cc(C2CC2)c2c(C)c(N3CCC(ON)C3)c(F)cn2c1=O. The van der Waals surface area contributed by atoms with Crippen LogP contribution in [-0.2, 0) is 9.57 Å². The fourth-order valence-electron chi connectivity index (χ4n) is 4.13. The lowest BCUT2D eigenvalue weighted by molar-refractivity contribution is 0.0524. The molecular weight excluding hydrogens is 365 g/mol. The van der Waals surface area contributed by atoms with Crippen molar-refractivity contribution < 1.29 is 18.8 Å². The van der Waals surface area contributed by atoms with Crippen molar-refractivity contribution in [2.45, 2.75) is 45.1 Å². The van der Waals surface area contributed by atoms with E-state index in [0.29, 0.717) is 36.3 Å². The minimum atomic E-state index is -0.673. The summed E-state index contributed by atoms with van der Waals surface area (Å²) in [4.78, 5) is 32.0. The first kappa shape index (κ1) is 18.9. The molecule has 2 N–H and O–H groups in total. The van der Waals surface area contributed by atoms with Crippen LogP contribution in [0.3, 0.4) is 0 Å². The van der Waals surface area contributed by atoms with Crippen molar-refractivity contribution in [3.63, 3.8) is 0 Å². The Morgan fingerprint density at radius 3 is 2.71 bits per heavy atom. The van der Waals surface area contributed by atoms with Gasteiger partial charge >= 0.3 is 5.97 Å². The number of halogens is 1. The first-order valence-corrected chi connectivity index (χ1v) is 9.62. The number of nitrogens with two attached hydrogens (primary N) is 1. The summed E-state index contributed by atoms with van der Waals surface area (Å²) in [6.45, 7) is 4.79. The van der Waals surface area contributed by atoms with E-state index < -0.39 is 17.3 Å². The number of carbonyl (C=O) groups is 1. The Morgan fingerprint density at radius 2 is 2.11 bits per heavy atom. The monoisotopic (exact) mass is 389 g/mol. The molecule has 0 spiro atoms. The van der Waals surface area contributed by atoms with Crippen LogP contribution in [0.5, 0.6) is 0 Å². The third-order valence-electron chi connectivity index (χ3n) is 5.61. The molecule has 3 heterocycles. The lowest BCUT2D eigenvalue weighted by atomic mass is 10.0. The summed E-state index contributed by atoms with van der Waals surface area (Å²) in [5, 5.41) is 0. The van der Waals surface area contributed by atoms with Gasteiger partial charge in [-0.15, -0.1) is 0 Å². The zero-order valence-corrected chi connectivity index (χ0v) is 16.0. The van der Waals surface area contributed by atoms with Crippen LogP contribution in [0.2, 0.25) is 0 Å². The van der Waals surface area contributed by atoms with E-state index in [1.54, 1.807) is 13.0 Å². The second kappa shape index (κ2) is 7.18. The van der Waals surface area contributed by atoms with Crippen LogP contribution in [0.4, 0.5) is 10.1 Å². The number of anilines is 1. The van der Waals surface area contributed by atoms with E-state index in [-0.39, 0.29) is 24.2 Å². The average molecular weight is 389 g/mol. The Bertz CT molecular complexity index is 999. The van der Waals surface area contributed by atoms with Crippen molar-refractivity contribution >= 4 is 17.2 Å². The molecule has 2 aromatic rings. The Balaban J connectivity index is 1.93. The minimum absolute atomic E-state index is 0.0504. The van der Waals surface area contributed by atoms with Crippen molar-refractivity contribution in [3.8, 4) is 0 Å². The lowest BCUT2D eigenvalue weighted by Crippen LogP contribution is -2.29. The minimum Gasteiger partial charge on any atom is -0.462 e. The highest BCUT2D eigenvalue weighted by atomic mass is 19.1. The molecule has 2 fully saturated rings. The quantitative estimate of drug-likeness (QED) is 0.624. The van der Waals surface area contributed by atoms with Gasteiger partial charge in [0.2, 0.25) is 0 Å². The zero-order chi connectivity index (χ0) is 20.0. The van der Waals surface area contributed by atoms with Crippen LogP contribution in [-0.4, -0.2) is 36.2 Å².